The van der Waals surface area contributed by atoms with Crippen LogP contribution in [0.5, 0.6) is 0 Å². The number of piperidine rings is 1. The molecule has 3 heterocycles. The van der Waals surface area contributed by atoms with Gasteiger partial charge >= 0.3 is 0 Å². The second kappa shape index (κ2) is 10.2. The van der Waals surface area contributed by atoms with Crippen LogP contribution in [0.1, 0.15) is 66.2 Å². The highest BCUT2D eigenvalue weighted by atomic mass is 32.2. The van der Waals surface area contributed by atoms with Crippen LogP contribution in [0.15, 0.2) is 0 Å². The van der Waals surface area contributed by atoms with Crippen molar-refractivity contribution in [3.8, 4) is 0 Å². The van der Waals surface area contributed by atoms with Crippen molar-refractivity contribution < 1.29 is 22.7 Å². The molecule has 2 N–H and O–H groups in total. The third-order valence-corrected chi connectivity index (χ3v) is 9.82. The summed E-state index contributed by atoms with van der Waals surface area (Å²) in [4.78, 5) is 27.3. The highest BCUT2D eigenvalue weighted by Crippen LogP contribution is 2.38. The van der Waals surface area contributed by atoms with Gasteiger partial charge in [-0.2, -0.15) is 0 Å². The molecule has 2 fully saturated rings. The molecular weight excluding hydrogens is 450 g/mol. The first-order valence-electron chi connectivity index (χ1n) is 11.7. The summed E-state index contributed by atoms with van der Waals surface area (Å²) in [6, 6.07) is 0. The smallest absolute Gasteiger partial charge is 0.254 e. The zero-order valence-corrected chi connectivity index (χ0v) is 20.3. The Balaban J connectivity index is 1.44. The zero-order valence-electron chi connectivity index (χ0n) is 18.7. The first kappa shape index (κ1) is 23.7. The maximum Gasteiger partial charge on any atom is 0.254 e. The number of nitrogens with one attached hydrogen (secondary N) is 2. The van der Waals surface area contributed by atoms with Crippen molar-refractivity contribution in [2.24, 2.45) is 5.92 Å². The molecule has 32 heavy (non-hydrogen) atoms. The maximum absolute atomic E-state index is 13.1. The van der Waals surface area contributed by atoms with E-state index in [2.05, 4.69) is 10.6 Å². The average Bonchev–Trinajstić information content (AvgIpc) is 3.45. The molecule has 1 atom stereocenters. The highest BCUT2D eigenvalue weighted by molar-refractivity contribution is 7.89. The molecule has 1 aliphatic carbocycles. The van der Waals surface area contributed by atoms with Crippen molar-refractivity contribution in [2.45, 2.75) is 64.4 Å². The number of sulfonamides is 1. The molecule has 2 saturated heterocycles. The Labute approximate surface area is 194 Å². The number of ether oxygens (including phenoxy) is 1. The Hall–Kier alpha value is -1.49. The van der Waals surface area contributed by atoms with Gasteiger partial charge in [-0.3, -0.25) is 9.59 Å². The average molecular weight is 484 g/mol. The van der Waals surface area contributed by atoms with Crippen LogP contribution in [0.3, 0.4) is 0 Å². The van der Waals surface area contributed by atoms with E-state index in [1.807, 2.05) is 0 Å². The number of amides is 2. The number of fused-ring (bicyclic) bond motifs is 1. The van der Waals surface area contributed by atoms with Gasteiger partial charge in [0, 0.05) is 37.0 Å². The minimum Gasteiger partial charge on any atom is -0.376 e. The van der Waals surface area contributed by atoms with Crippen molar-refractivity contribution >= 4 is 38.2 Å². The molecular formula is C22H33N3O5S2. The highest BCUT2D eigenvalue weighted by Gasteiger charge is 2.32. The number of aryl methyl sites for hydroxylation is 1. The van der Waals surface area contributed by atoms with Gasteiger partial charge in [-0.25, -0.2) is 12.7 Å². The Bertz CT molecular complexity index is 945. The van der Waals surface area contributed by atoms with E-state index in [0.717, 1.165) is 50.7 Å². The summed E-state index contributed by atoms with van der Waals surface area (Å²) in [5.74, 6) is -0.431. The molecule has 2 amide bonds. The number of carbonyl (C=O) groups is 2. The summed E-state index contributed by atoms with van der Waals surface area (Å²) >= 11 is 1.52. The van der Waals surface area contributed by atoms with Crippen LogP contribution in [-0.2, 0) is 32.4 Å². The SMILES string of the molecule is CCS(=O)(=O)N1CCC(C(=O)Nc2sc3c(c2C(=O)NC[C@@H]2CCCO2)CCCC3)CC1. The van der Waals surface area contributed by atoms with E-state index in [4.69, 9.17) is 4.74 Å². The minimum absolute atomic E-state index is 0.0658. The standard InChI is InChI=1S/C22H33N3O5S2/c1-2-32(28,29)25-11-9-15(10-12-25)20(26)24-22-19(17-7-3-4-8-18(17)31-22)21(27)23-14-16-6-5-13-30-16/h15-16H,2-14H2,1H3,(H,23,27)(H,24,26)/t16-/m0/s1. The monoisotopic (exact) mass is 483 g/mol. The van der Waals surface area contributed by atoms with Gasteiger partial charge in [-0.1, -0.05) is 0 Å². The van der Waals surface area contributed by atoms with Gasteiger partial charge in [0.05, 0.1) is 17.4 Å². The number of carbonyl (C=O) groups excluding carboxylic acids is 2. The first-order valence-corrected chi connectivity index (χ1v) is 14.1. The van der Waals surface area contributed by atoms with E-state index >= 15 is 0 Å². The lowest BCUT2D eigenvalue weighted by Gasteiger charge is -2.30. The van der Waals surface area contributed by atoms with Crippen LogP contribution in [0, 0.1) is 5.92 Å². The number of nitrogens with zero attached hydrogens (tertiary/aromatic N) is 1. The summed E-state index contributed by atoms with van der Waals surface area (Å²) in [5, 5.41) is 6.69. The number of rotatable bonds is 7. The summed E-state index contributed by atoms with van der Waals surface area (Å²) < 4.78 is 31.3. The molecule has 1 aromatic rings. The van der Waals surface area contributed by atoms with E-state index in [1.165, 1.54) is 20.5 Å². The fourth-order valence-corrected chi connectivity index (χ4v) is 7.21. The molecule has 10 heteroatoms. The lowest BCUT2D eigenvalue weighted by atomic mass is 9.94. The third-order valence-electron chi connectivity index (χ3n) is 6.73. The van der Waals surface area contributed by atoms with Crippen molar-refractivity contribution in [1.82, 2.24) is 9.62 Å². The van der Waals surface area contributed by atoms with Gasteiger partial charge in [0.25, 0.3) is 5.91 Å². The predicted octanol–water partition coefficient (Wildman–Crippen LogP) is 2.54. The molecule has 0 aromatic carbocycles. The largest absolute Gasteiger partial charge is 0.376 e. The molecule has 3 aliphatic rings. The number of anilines is 1. The normalized spacial score (nSPS) is 22.5. The van der Waals surface area contributed by atoms with Gasteiger partial charge in [0.1, 0.15) is 5.00 Å². The third kappa shape index (κ3) is 5.18. The molecule has 1 aromatic heterocycles. The van der Waals surface area contributed by atoms with E-state index in [0.29, 0.717) is 43.0 Å². The van der Waals surface area contributed by atoms with Gasteiger partial charge in [-0.15, -0.1) is 11.3 Å². The Morgan fingerprint density at radius 2 is 1.88 bits per heavy atom. The van der Waals surface area contributed by atoms with Crippen LogP contribution < -0.4 is 10.6 Å². The molecule has 178 valence electrons. The quantitative estimate of drug-likeness (QED) is 0.620. The van der Waals surface area contributed by atoms with E-state index in [-0.39, 0.29) is 29.6 Å². The van der Waals surface area contributed by atoms with Crippen LogP contribution in [-0.4, -0.2) is 62.6 Å². The molecule has 8 nitrogen and oxygen atoms in total. The van der Waals surface area contributed by atoms with Gasteiger partial charge in [0.15, 0.2) is 0 Å². The fraction of sp³-hybridized carbons (Fsp3) is 0.727. The number of thiophene rings is 1. The van der Waals surface area contributed by atoms with Crippen molar-refractivity contribution in [3.05, 3.63) is 16.0 Å². The lowest BCUT2D eigenvalue weighted by Crippen LogP contribution is -2.42. The fourth-order valence-electron chi connectivity index (χ4n) is 4.79. The second-order valence-electron chi connectivity index (χ2n) is 8.82. The lowest BCUT2D eigenvalue weighted by molar-refractivity contribution is -0.120. The topological polar surface area (TPSA) is 105 Å². The Morgan fingerprint density at radius 1 is 1.12 bits per heavy atom. The van der Waals surface area contributed by atoms with Crippen LogP contribution in [0.4, 0.5) is 5.00 Å². The number of hydrogen-bond acceptors (Lipinski definition) is 6. The first-order chi connectivity index (χ1) is 15.4. The molecule has 2 aliphatic heterocycles. The van der Waals surface area contributed by atoms with Crippen molar-refractivity contribution in [1.29, 1.82) is 0 Å². The Morgan fingerprint density at radius 3 is 2.56 bits per heavy atom. The van der Waals surface area contributed by atoms with Crippen molar-refractivity contribution in [3.63, 3.8) is 0 Å². The summed E-state index contributed by atoms with van der Waals surface area (Å²) in [6.07, 6.45) is 6.98. The van der Waals surface area contributed by atoms with Gasteiger partial charge < -0.3 is 15.4 Å². The molecule has 0 unspecified atom stereocenters. The van der Waals surface area contributed by atoms with Gasteiger partial charge in [0.2, 0.25) is 15.9 Å². The van der Waals surface area contributed by atoms with E-state index < -0.39 is 10.0 Å². The molecule has 0 radical (unpaired) electrons. The minimum atomic E-state index is -3.22. The van der Waals surface area contributed by atoms with E-state index in [9.17, 15) is 18.0 Å². The van der Waals surface area contributed by atoms with Crippen LogP contribution in [0.25, 0.3) is 0 Å². The number of hydrogen-bond donors (Lipinski definition) is 2. The van der Waals surface area contributed by atoms with Gasteiger partial charge in [-0.05, 0) is 63.9 Å². The predicted molar refractivity (Wildman–Crippen MR) is 125 cm³/mol. The maximum atomic E-state index is 13.1. The second-order valence-corrected chi connectivity index (χ2v) is 12.2. The van der Waals surface area contributed by atoms with E-state index in [1.54, 1.807) is 6.92 Å². The zero-order chi connectivity index (χ0) is 22.7. The summed E-state index contributed by atoms with van der Waals surface area (Å²) in [6.45, 7) is 3.60. The van der Waals surface area contributed by atoms with Crippen LogP contribution >= 0.6 is 11.3 Å². The summed E-state index contributed by atoms with van der Waals surface area (Å²) in [7, 11) is -3.22. The molecule has 4 rings (SSSR count). The van der Waals surface area contributed by atoms with Crippen molar-refractivity contribution in [2.75, 3.05) is 37.3 Å². The molecule has 0 bridgehead atoms. The Kier molecular flexibility index (Phi) is 7.54. The van der Waals surface area contributed by atoms with Crippen LogP contribution in [0.2, 0.25) is 0 Å². The summed E-state index contributed by atoms with van der Waals surface area (Å²) in [5.41, 5.74) is 1.69. The molecule has 0 spiro atoms. The molecule has 0 saturated carbocycles.